The first-order valence-electron chi connectivity index (χ1n) is 7.30. The number of rotatable bonds is 3. The minimum atomic E-state index is -0.360. The zero-order chi connectivity index (χ0) is 16.9. The first-order valence-corrected chi connectivity index (χ1v) is 8.05. The van der Waals surface area contributed by atoms with Gasteiger partial charge in [0.1, 0.15) is 0 Å². The van der Waals surface area contributed by atoms with Gasteiger partial charge in [-0.15, -0.1) is 0 Å². The van der Waals surface area contributed by atoms with Crippen LogP contribution in [0.5, 0.6) is 0 Å². The number of carbonyl (C=O) groups is 1. The molecule has 0 aromatic heterocycles. The SMILES string of the molecule is O=C(Nc1ccc(-c2ccccc2)cc1)Nc1cc(Cl)cc(Cl)c1. The summed E-state index contributed by atoms with van der Waals surface area (Å²) in [5.41, 5.74) is 3.44. The highest BCUT2D eigenvalue weighted by Crippen LogP contribution is 2.23. The van der Waals surface area contributed by atoms with E-state index >= 15 is 0 Å². The fourth-order valence-corrected chi connectivity index (χ4v) is 2.82. The van der Waals surface area contributed by atoms with E-state index in [-0.39, 0.29) is 6.03 Å². The zero-order valence-corrected chi connectivity index (χ0v) is 14.1. The van der Waals surface area contributed by atoms with Crippen LogP contribution in [0.25, 0.3) is 11.1 Å². The number of amides is 2. The van der Waals surface area contributed by atoms with Crippen LogP contribution >= 0.6 is 23.2 Å². The number of urea groups is 1. The van der Waals surface area contributed by atoms with Gasteiger partial charge in [0.05, 0.1) is 0 Å². The molecule has 3 rings (SSSR count). The third kappa shape index (κ3) is 4.28. The van der Waals surface area contributed by atoms with E-state index in [2.05, 4.69) is 10.6 Å². The van der Waals surface area contributed by atoms with Crippen molar-refractivity contribution < 1.29 is 4.79 Å². The molecule has 0 unspecified atom stereocenters. The molecule has 2 amide bonds. The highest BCUT2D eigenvalue weighted by atomic mass is 35.5. The summed E-state index contributed by atoms with van der Waals surface area (Å²) in [6.45, 7) is 0. The maximum absolute atomic E-state index is 12.1. The molecule has 0 saturated heterocycles. The Labute approximate surface area is 150 Å². The summed E-state index contributed by atoms with van der Waals surface area (Å²) in [5.74, 6) is 0. The minimum Gasteiger partial charge on any atom is -0.308 e. The maximum atomic E-state index is 12.1. The average Bonchev–Trinajstić information content (AvgIpc) is 2.55. The number of halogens is 2. The predicted molar refractivity (Wildman–Crippen MR) is 101 cm³/mol. The summed E-state index contributed by atoms with van der Waals surface area (Å²) in [7, 11) is 0. The number of benzene rings is 3. The van der Waals surface area contributed by atoms with Crippen LogP contribution in [0.15, 0.2) is 72.8 Å². The van der Waals surface area contributed by atoms with E-state index in [0.717, 1.165) is 11.1 Å². The molecule has 0 bridgehead atoms. The summed E-state index contributed by atoms with van der Waals surface area (Å²) in [4.78, 5) is 12.1. The summed E-state index contributed by atoms with van der Waals surface area (Å²) >= 11 is 11.8. The van der Waals surface area contributed by atoms with Crippen molar-refractivity contribution in [3.05, 3.63) is 82.8 Å². The molecular formula is C19H14Cl2N2O. The van der Waals surface area contributed by atoms with E-state index in [1.165, 1.54) is 0 Å². The topological polar surface area (TPSA) is 41.1 Å². The molecule has 3 aromatic rings. The Morgan fingerprint density at radius 1 is 0.667 bits per heavy atom. The predicted octanol–water partition coefficient (Wildman–Crippen LogP) is 6.30. The van der Waals surface area contributed by atoms with E-state index in [1.54, 1.807) is 18.2 Å². The van der Waals surface area contributed by atoms with Gasteiger partial charge in [0.2, 0.25) is 0 Å². The van der Waals surface area contributed by atoms with Crippen LogP contribution in [-0.2, 0) is 0 Å². The van der Waals surface area contributed by atoms with Crippen LogP contribution in [0.3, 0.4) is 0 Å². The molecule has 0 spiro atoms. The Kier molecular flexibility index (Phi) is 5.04. The molecule has 0 atom stereocenters. The lowest BCUT2D eigenvalue weighted by molar-refractivity contribution is 0.262. The van der Waals surface area contributed by atoms with Crippen molar-refractivity contribution in [1.82, 2.24) is 0 Å². The fourth-order valence-electron chi connectivity index (χ4n) is 2.30. The van der Waals surface area contributed by atoms with Gasteiger partial charge in [0.25, 0.3) is 0 Å². The number of carbonyl (C=O) groups excluding carboxylic acids is 1. The van der Waals surface area contributed by atoms with Crippen molar-refractivity contribution in [2.24, 2.45) is 0 Å². The van der Waals surface area contributed by atoms with Crippen molar-refractivity contribution >= 4 is 40.6 Å². The van der Waals surface area contributed by atoms with Crippen LogP contribution in [-0.4, -0.2) is 6.03 Å². The maximum Gasteiger partial charge on any atom is 0.323 e. The summed E-state index contributed by atoms with van der Waals surface area (Å²) in [5, 5.41) is 6.40. The van der Waals surface area contributed by atoms with Gasteiger partial charge >= 0.3 is 6.03 Å². The second-order valence-electron chi connectivity index (χ2n) is 5.18. The van der Waals surface area contributed by atoms with E-state index in [0.29, 0.717) is 21.4 Å². The molecule has 0 aliphatic heterocycles. The molecule has 0 aliphatic carbocycles. The van der Waals surface area contributed by atoms with E-state index in [1.807, 2.05) is 54.6 Å². The molecule has 5 heteroatoms. The highest BCUT2D eigenvalue weighted by Gasteiger charge is 2.05. The summed E-state index contributed by atoms with van der Waals surface area (Å²) < 4.78 is 0. The summed E-state index contributed by atoms with van der Waals surface area (Å²) in [6, 6.07) is 22.2. The van der Waals surface area contributed by atoms with Gasteiger partial charge in [-0.25, -0.2) is 4.79 Å². The molecule has 3 nitrogen and oxygen atoms in total. The van der Waals surface area contributed by atoms with E-state index in [4.69, 9.17) is 23.2 Å². The average molecular weight is 357 g/mol. The summed E-state index contributed by atoms with van der Waals surface area (Å²) in [6.07, 6.45) is 0. The molecule has 3 aromatic carbocycles. The molecule has 0 saturated carbocycles. The number of hydrogen-bond donors (Lipinski definition) is 2. The third-order valence-corrected chi connectivity index (χ3v) is 3.81. The Hall–Kier alpha value is -2.49. The van der Waals surface area contributed by atoms with Crippen molar-refractivity contribution in [3.63, 3.8) is 0 Å². The van der Waals surface area contributed by atoms with Gasteiger partial charge in [-0.2, -0.15) is 0 Å². The first-order chi connectivity index (χ1) is 11.6. The van der Waals surface area contributed by atoms with Crippen molar-refractivity contribution in [3.8, 4) is 11.1 Å². The molecule has 0 radical (unpaired) electrons. The largest absolute Gasteiger partial charge is 0.323 e. The van der Waals surface area contributed by atoms with Gasteiger partial charge in [0, 0.05) is 21.4 Å². The molecule has 0 heterocycles. The van der Waals surface area contributed by atoms with E-state index < -0.39 is 0 Å². The Morgan fingerprint density at radius 3 is 1.83 bits per heavy atom. The lowest BCUT2D eigenvalue weighted by atomic mass is 10.1. The van der Waals surface area contributed by atoms with Crippen molar-refractivity contribution in [2.75, 3.05) is 10.6 Å². The smallest absolute Gasteiger partial charge is 0.308 e. The van der Waals surface area contributed by atoms with Crippen molar-refractivity contribution in [2.45, 2.75) is 0 Å². The van der Waals surface area contributed by atoms with Crippen LogP contribution in [0.2, 0.25) is 10.0 Å². The molecular weight excluding hydrogens is 343 g/mol. The second kappa shape index (κ2) is 7.39. The van der Waals surface area contributed by atoms with Gasteiger partial charge in [-0.05, 0) is 41.5 Å². The monoisotopic (exact) mass is 356 g/mol. The quantitative estimate of drug-likeness (QED) is 0.567. The van der Waals surface area contributed by atoms with Crippen LogP contribution < -0.4 is 10.6 Å². The number of hydrogen-bond acceptors (Lipinski definition) is 1. The van der Waals surface area contributed by atoms with Gasteiger partial charge in [-0.1, -0.05) is 65.7 Å². The molecule has 24 heavy (non-hydrogen) atoms. The van der Waals surface area contributed by atoms with Crippen LogP contribution in [0.1, 0.15) is 0 Å². The first kappa shape index (κ1) is 16.4. The normalized spacial score (nSPS) is 10.2. The number of anilines is 2. The van der Waals surface area contributed by atoms with Gasteiger partial charge in [0.15, 0.2) is 0 Å². The molecule has 0 fully saturated rings. The Morgan fingerprint density at radius 2 is 1.21 bits per heavy atom. The second-order valence-corrected chi connectivity index (χ2v) is 6.05. The van der Waals surface area contributed by atoms with E-state index in [9.17, 15) is 4.79 Å². The van der Waals surface area contributed by atoms with Crippen molar-refractivity contribution in [1.29, 1.82) is 0 Å². The van der Waals surface area contributed by atoms with Gasteiger partial charge in [-0.3, -0.25) is 0 Å². The zero-order valence-electron chi connectivity index (χ0n) is 12.6. The lowest BCUT2D eigenvalue weighted by Crippen LogP contribution is -2.19. The van der Waals surface area contributed by atoms with Crippen LogP contribution in [0, 0.1) is 0 Å². The fraction of sp³-hybridized carbons (Fsp3) is 0. The molecule has 0 aliphatic rings. The van der Waals surface area contributed by atoms with Gasteiger partial charge < -0.3 is 10.6 Å². The molecule has 2 N–H and O–H groups in total. The Balaban J connectivity index is 1.66. The Bertz CT molecular complexity index is 829. The molecule has 120 valence electrons. The number of nitrogens with one attached hydrogen (secondary N) is 2. The minimum absolute atomic E-state index is 0.360. The standard InChI is InChI=1S/C19H14Cl2N2O/c20-15-10-16(21)12-18(11-15)23-19(24)22-17-8-6-14(7-9-17)13-4-2-1-3-5-13/h1-12H,(H2,22,23,24). The lowest BCUT2D eigenvalue weighted by Gasteiger charge is -2.09. The van der Waals surface area contributed by atoms with Crippen LogP contribution in [0.4, 0.5) is 16.2 Å². The third-order valence-electron chi connectivity index (χ3n) is 3.37. The highest BCUT2D eigenvalue weighted by molar-refractivity contribution is 6.35.